The van der Waals surface area contributed by atoms with Crippen molar-refractivity contribution >= 4 is 23.4 Å². The van der Waals surface area contributed by atoms with Crippen LogP contribution in [0.1, 0.15) is 32.3 Å². The highest BCUT2D eigenvalue weighted by Crippen LogP contribution is 2.37. The van der Waals surface area contributed by atoms with Crippen molar-refractivity contribution in [3.8, 4) is 0 Å². The summed E-state index contributed by atoms with van der Waals surface area (Å²) in [4.78, 5) is 4.07. The van der Waals surface area contributed by atoms with Crippen LogP contribution in [-0.2, 0) is 6.42 Å². The number of alkyl halides is 1. The molecule has 1 nitrogen and oxygen atoms in total. The van der Waals surface area contributed by atoms with Gasteiger partial charge in [0.1, 0.15) is 0 Å². The Morgan fingerprint density at radius 2 is 2.05 bits per heavy atom. The number of hydrogen-bond donors (Lipinski definition) is 0. The standard InChI is InChI=1S/C16H24ClNS/c1-3-14(4-2)18(10-9-17)12-15-11-13-7-5-6-8-16(13)19-15/h5-8,14-15H,3-4,9-12H2,1-2H3. The summed E-state index contributed by atoms with van der Waals surface area (Å²) >= 11 is 8.02. The second-order valence-electron chi connectivity index (χ2n) is 5.21. The summed E-state index contributed by atoms with van der Waals surface area (Å²) in [6.45, 7) is 6.75. The third-order valence-electron chi connectivity index (χ3n) is 3.98. The summed E-state index contributed by atoms with van der Waals surface area (Å²) in [5.74, 6) is 0.737. The summed E-state index contributed by atoms with van der Waals surface area (Å²) in [7, 11) is 0. The van der Waals surface area contributed by atoms with Crippen LogP contribution in [0.15, 0.2) is 29.2 Å². The molecule has 0 saturated heterocycles. The third kappa shape index (κ3) is 3.90. The van der Waals surface area contributed by atoms with E-state index >= 15 is 0 Å². The fourth-order valence-electron chi connectivity index (χ4n) is 2.95. The van der Waals surface area contributed by atoms with Gasteiger partial charge in [0.05, 0.1) is 0 Å². The van der Waals surface area contributed by atoms with Gasteiger partial charge in [0, 0.05) is 35.2 Å². The van der Waals surface area contributed by atoms with Crippen LogP contribution in [0.25, 0.3) is 0 Å². The van der Waals surface area contributed by atoms with E-state index in [1.165, 1.54) is 36.3 Å². The summed E-state index contributed by atoms with van der Waals surface area (Å²) in [5.41, 5.74) is 1.52. The molecule has 19 heavy (non-hydrogen) atoms. The fourth-order valence-corrected chi connectivity index (χ4v) is 4.52. The zero-order chi connectivity index (χ0) is 13.7. The molecular formula is C16H24ClNS. The van der Waals surface area contributed by atoms with Gasteiger partial charge in [0.25, 0.3) is 0 Å². The average Bonchev–Trinajstić information content (AvgIpc) is 2.82. The van der Waals surface area contributed by atoms with Gasteiger partial charge in [-0.1, -0.05) is 32.0 Å². The maximum absolute atomic E-state index is 5.98. The van der Waals surface area contributed by atoms with E-state index < -0.39 is 0 Å². The molecule has 1 heterocycles. The van der Waals surface area contributed by atoms with Gasteiger partial charge in [-0.25, -0.2) is 0 Å². The molecule has 0 amide bonds. The first-order valence-corrected chi connectivity index (χ1v) is 8.74. The molecule has 2 rings (SSSR count). The van der Waals surface area contributed by atoms with Crippen LogP contribution in [0.4, 0.5) is 0 Å². The highest BCUT2D eigenvalue weighted by atomic mass is 35.5. The van der Waals surface area contributed by atoms with Gasteiger partial charge in [0.15, 0.2) is 0 Å². The van der Waals surface area contributed by atoms with E-state index in [4.69, 9.17) is 11.6 Å². The zero-order valence-corrected chi connectivity index (χ0v) is 13.5. The fraction of sp³-hybridized carbons (Fsp3) is 0.625. The van der Waals surface area contributed by atoms with Crippen molar-refractivity contribution in [2.75, 3.05) is 19.0 Å². The van der Waals surface area contributed by atoms with E-state index in [0.29, 0.717) is 11.3 Å². The number of rotatable bonds is 7. The Kier molecular flexibility index (Phi) is 6.06. The van der Waals surface area contributed by atoms with Crippen molar-refractivity contribution in [2.24, 2.45) is 0 Å². The Balaban J connectivity index is 1.96. The van der Waals surface area contributed by atoms with E-state index in [1.54, 1.807) is 0 Å². The molecule has 0 fully saturated rings. The van der Waals surface area contributed by atoms with Crippen molar-refractivity contribution in [1.29, 1.82) is 0 Å². The third-order valence-corrected chi connectivity index (χ3v) is 5.45. The van der Waals surface area contributed by atoms with Crippen molar-refractivity contribution < 1.29 is 0 Å². The van der Waals surface area contributed by atoms with Crippen LogP contribution in [0.2, 0.25) is 0 Å². The second kappa shape index (κ2) is 7.56. The first kappa shape index (κ1) is 15.2. The van der Waals surface area contributed by atoms with Crippen molar-refractivity contribution in [2.45, 2.75) is 49.3 Å². The maximum Gasteiger partial charge on any atom is 0.0351 e. The van der Waals surface area contributed by atoms with E-state index in [1.807, 2.05) is 11.8 Å². The monoisotopic (exact) mass is 297 g/mol. The molecule has 106 valence electrons. The molecule has 0 bridgehead atoms. The summed E-state index contributed by atoms with van der Waals surface area (Å²) < 4.78 is 0. The lowest BCUT2D eigenvalue weighted by atomic mass is 10.1. The van der Waals surface area contributed by atoms with E-state index in [-0.39, 0.29) is 0 Å². The molecule has 1 aromatic rings. The first-order chi connectivity index (χ1) is 9.28. The topological polar surface area (TPSA) is 3.24 Å². The van der Waals surface area contributed by atoms with Crippen LogP contribution >= 0.6 is 23.4 Å². The minimum absolute atomic E-state index is 0.683. The molecule has 0 radical (unpaired) electrons. The van der Waals surface area contributed by atoms with Crippen molar-refractivity contribution in [1.82, 2.24) is 4.90 Å². The normalized spacial score (nSPS) is 18.3. The molecule has 0 aromatic heterocycles. The molecular weight excluding hydrogens is 274 g/mol. The molecule has 0 N–H and O–H groups in total. The number of halogens is 1. The van der Waals surface area contributed by atoms with Crippen LogP contribution in [0, 0.1) is 0 Å². The zero-order valence-electron chi connectivity index (χ0n) is 11.9. The minimum atomic E-state index is 0.683. The van der Waals surface area contributed by atoms with Crippen LogP contribution in [-0.4, -0.2) is 35.2 Å². The molecule has 1 atom stereocenters. The number of hydrogen-bond acceptors (Lipinski definition) is 2. The van der Waals surface area contributed by atoms with Gasteiger partial charge in [-0.3, -0.25) is 4.90 Å². The maximum atomic E-state index is 5.98. The van der Waals surface area contributed by atoms with Crippen molar-refractivity contribution in [3.05, 3.63) is 29.8 Å². The number of benzene rings is 1. The van der Waals surface area contributed by atoms with Gasteiger partial charge in [-0.05, 0) is 30.9 Å². The van der Waals surface area contributed by atoms with Gasteiger partial charge < -0.3 is 0 Å². The molecule has 0 aliphatic carbocycles. The number of thioether (sulfide) groups is 1. The first-order valence-electron chi connectivity index (χ1n) is 7.33. The van der Waals surface area contributed by atoms with Gasteiger partial charge in [0.2, 0.25) is 0 Å². The Labute approximate surface area is 126 Å². The lowest BCUT2D eigenvalue weighted by molar-refractivity contribution is 0.197. The van der Waals surface area contributed by atoms with Gasteiger partial charge >= 0.3 is 0 Å². The highest BCUT2D eigenvalue weighted by Gasteiger charge is 2.25. The number of fused-ring (bicyclic) bond motifs is 1. The quantitative estimate of drug-likeness (QED) is 0.685. The Morgan fingerprint density at radius 1 is 1.32 bits per heavy atom. The van der Waals surface area contributed by atoms with Gasteiger partial charge in [-0.2, -0.15) is 0 Å². The highest BCUT2D eigenvalue weighted by molar-refractivity contribution is 8.00. The summed E-state index contributed by atoms with van der Waals surface area (Å²) in [6, 6.07) is 9.50. The molecule has 0 saturated carbocycles. The Morgan fingerprint density at radius 3 is 2.68 bits per heavy atom. The lowest BCUT2D eigenvalue weighted by Gasteiger charge is -2.31. The average molecular weight is 298 g/mol. The van der Waals surface area contributed by atoms with Crippen molar-refractivity contribution in [3.63, 3.8) is 0 Å². The molecule has 3 heteroatoms. The molecule has 1 aromatic carbocycles. The number of nitrogens with zero attached hydrogens (tertiary/aromatic N) is 1. The van der Waals surface area contributed by atoms with E-state index in [0.717, 1.165) is 12.4 Å². The SMILES string of the molecule is CCC(CC)N(CCCl)CC1Cc2ccccc2S1. The summed E-state index contributed by atoms with van der Waals surface area (Å²) in [6.07, 6.45) is 3.65. The summed E-state index contributed by atoms with van der Waals surface area (Å²) in [5, 5.41) is 0.696. The predicted molar refractivity (Wildman–Crippen MR) is 86.5 cm³/mol. The van der Waals surface area contributed by atoms with E-state index in [9.17, 15) is 0 Å². The lowest BCUT2D eigenvalue weighted by Crippen LogP contribution is -2.40. The Bertz CT molecular complexity index is 367. The minimum Gasteiger partial charge on any atom is -0.298 e. The largest absolute Gasteiger partial charge is 0.298 e. The molecule has 1 aliphatic heterocycles. The van der Waals surface area contributed by atoms with Crippen LogP contribution in [0.3, 0.4) is 0 Å². The van der Waals surface area contributed by atoms with Crippen LogP contribution < -0.4 is 0 Å². The smallest absolute Gasteiger partial charge is 0.0351 e. The molecule has 1 aliphatic rings. The Hall–Kier alpha value is -0.180. The van der Waals surface area contributed by atoms with E-state index in [2.05, 4.69) is 43.0 Å². The van der Waals surface area contributed by atoms with Gasteiger partial charge in [-0.15, -0.1) is 23.4 Å². The van der Waals surface area contributed by atoms with Crippen LogP contribution in [0.5, 0.6) is 0 Å². The molecule has 0 spiro atoms. The molecule has 1 unspecified atom stereocenters. The second-order valence-corrected chi connectivity index (χ2v) is 6.93. The predicted octanol–water partition coefficient (Wildman–Crippen LogP) is 4.43.